The summed E-state index contributed by atoms with van der Waals surface area (Å²) in [5.74, 6) is 0.554. The second-order valence-electron chi connectivity index (χ2n) is 10.4. The van der Waals surface area contributed by atoms with Gasteiger partial charge in [-0.25, -0.2) is 9.38 Å². The summed E-state index contributed by atoms with van der Waals surface area (Å²) < 4.78 is 24.0. The van der Waals surface area contributed by atoms with Crippen molar-refractivity contribution in [3.8, 4) is 11.5 Å². The van der Waals surface area contributed by atoms with E-state index in [-0.39, 0.29) is 24.2 Å². The Morgan fingerprint density at radius 2 is 1.90 bits per heavy atom. The molecule has 4 rings (SSSR count). The average molecular weight is 543 g/mol. The van der Waals surface area contributed by atoms with Gasteiger partial charge in [0.25, 0.3) is 0 Å². The molecule has 0 saturated heterocycles. The highest BCUT2D eigenvalue weighted by molar-refractivity contribution is 5.99. The molecule has 2 aliphatic heterocycles. The Morgan fingerprint density at radius 1 is 1.21 bits per heavy atom. The van der Waals surface area contributed by atoms with Gasteiger partial charge in [0, 0.05) is 17.5 Å². The highest BCUT2D eigenvalue weighted by Crippen LogP contribution is 2.34. The second kappa shape index (κ2) is 12.0. The van der Waals surface area contributed by atoms with E-state index in [1.165, 1.54) is 17.0 Å². The zero-order valence-electron chi connectivity index (χ0n) is 23.3. The van der Waals surface area contributed by atoms with Gasteiger partial charge in [-0.15, -0.1) is 0 Å². The van der Waals surface area contributed by atoms with Crippen LogP contribution in [0.15, 0.2) is 41.4 Å². The molecule has 0 aliphatic carbocycles. The number of aliphatic imine (C=N–C) groups is 1. The third-order valence-electron chi connectivity index (χ3n) is 7.31. The van der Waals surface area contributed by atoms with E-state index in [1.807, 2.05) is 34.6 Å². The summed E-state index contributed by atoms with van der Waals surface area (Å²) >= 11 is 0. The summed E-state index contributed by atoms with van der Waals surface area (Å²) in [6.07, 6.45) is 1.69. The molecule has 2 aliphatic rings. The van der Waals surface area contributed by atoms with Gasteiger partial charge in [-0.1, -0.05) is 13.8 Å². The number of nitrogens with zero attached hydrogens (tertiary/aromatic N) is 2. The van der Waals surface area contributed by atoms with Crippen LogP contribution in [0.4, 0.5) is 4.39 Å². The third kappa shape index (κ3) is 6.86. The van der Waals surface area contributed by atoms with E-state index in [4.69, 9.17) is 20.9 Å². The number of guanidine groups is 1. The number of halogens is 1. The van der Waals surface area contributed by atoms with Gasteiger partial charge >= 0.3 is 0 Å². The number of hydrogen-bond acceptors (Lipinski definition) is 7. The van der Waals surface area contributed by atoms with Crippen LogP contribution in [-0.2, 0) is 17.8 Å². The molecule has 2 heterocycles. The van der Waals surface area contributed by atoms with Gasteiger partial charge in [-0.05, 0) is 75.6 Å². The first-order valence-corrected chi connectivity index (χ1v) is 13.2. The van der Waals surface area contributed by atoms with Gasteiger partial charge < -0.3 is 26.0 Å². The highest BCUT2D eigenvalue weighted by atomic mass is 19.1. The van der Waals surface area contributed by atoms with E-state index < -0.39 is 23.2 Å². The number of primary amides is 1. The fourth-order valence-corrected chi connectivity index (χ4v) is 4.61. The van der Waals surface area contributed by atoms with Crippen LogP contribution in [0.1, 0.15) is 75.4 Å². The minimum Gasteiger partial charge on any atom is -0.494 e. The zero-order chi connectivity index (χ0) is 29.0. The van der Waals surface area contributed by atoms with Crippen molar-refractivity contribution in [2.24, 2.45) is 16.5 Å². The molecule has 2 aromatic carbocycles. The van der Waals surface area contributed by atoms with Crippen LogP contribution in [-0.4, -0.2) is 51.6 Å². The van der Waals surface area contributed by atoms with E-state index in [0.717, 1.165) is 18.4 Å². The highest BCUT2D eigenvalue weighted by Gasteiger charge is 2.37. The van der Waals surface area contributed by atoms with Gasteiger partial charge in [0.2, 0.25) is 11.8 Å². The van der Waals surface area contributed by atoms with E-state index in [0.29, 0.717) is 42.1 Å². The van der Waals surface area contributed by atoms with Crippen LogP contribution in [0.5, 0.6) is 11.5 Å². The number of hydrogen-bond donors (Lipinski definition) is 3. The number of aliphatic hydroxyl groups is 1. The maximum Gasteiger partial charge on any atom is 0.248 e. The molecule has 0 radical (unpaired) electrons. The first-order valence-electron chi connectivity index (χ1n) is 13.2. The Balaban J connectivity index is 0.000000252. The van der Waals surface area contributed by atoms with E-state index in [9.17, 15) is 19.1 Å². The Labute approximate surface area is 229 Å². The Hall–Kier alpha value is -3.66. The number of aliphatic hydroxyl groups excluding tert-OH is 1. The predicted molar refractivity (Wildman–Crippen MR) is 147 cm³/mol. The Morgan fingerprint density at radius 3 is 2.49 bits per heavy atom. The van der Waals surface area contributed by atoms with Crippen LogP contribution in [0, 0.1) is 5.82 Å². The van der Waals surface area contributed by atoms with Gasteiger partial charge in [0.05, 0.1) is 31.2 Å². The molecule has 0 aromatic heterocycles. The Kier molecular flexibility index (Phi) is 9.22. The van der Waals surface area contributed by atoms with Crippen LogP contribution in [0.25, 0.3) is 0 Å². The van der Waals surface area contributed by atoms with Crippen LogP contribution in [0.3, 0.4) is 0 Å². The van der Waals surface area contributed by atoms with Crippen molar-refractivity contribution < 1.29 is 28.6 Å². The standard InChI is InChI=1S/C18H26N4O3.C11H13FO2/c1-4-18(5-2)10-15(23)22(17(20)21-18)11-13-9-12(16(19)24)7-8-14(13)25-6-3;1-11(2)10(13)6-7-5-8(12)3-4-9(7)14-11/h7-9H,4-6,10-11H2,1-3H3,(H2,19,24)(H2,20,21);3-5,10,13H,6H2,1-2H3. The van der Waals surface area contributed by atoms with E-state index >= 15 is 0 Å². The summed E-state index contributed by atoms with van der Waals surface area (Å²) in [5.41, 5.74) is 12.2. The zero-order valence-corrected chi connectivity index (χ0v) is 23.3. The fourth-order valence-electron chi connectivity index (χ4n) is 4.61. The maximum atomic E-state index is 12.9. The number of fused-ring (bicyclic) bond motifs is 1. The minimum atomic E-state index is -0.592. The van der Waals surface area contributed by atoms with Crippen molar-refractivity contribution in [2.75, 3.05) is 6.61 Å². The van der Waals surface area contributed by atoms with Crippen molar-refractivity contribution >= 4 is 17.8 Å². The largest absolute Gasteiger partial charge is 0.494 e. The van der Waals surface area contributed by atoms with Gasteiger partial charge in [-0.3, -0.25) is 14.5 Å². The number of carbonyl (C=O) groups is 2. The van der Waals surface area contributed by atoms with Crippen molar-refractivity contribution in [3.63, 3.8) is 0 Å². The summed E-state index contributed by atoms with van der Waals surface area (Å²) in [7, 11) is 0. The molecular formula is C29H39FN4O5. The molecule has 0 bridgehead atoms. The third-order valence-corrected chi connectivity index (χ3v) is 7.31. The monoisotopic (exact) mass is 542 g/mol. The van der Waals surface area contributed by atoms with Gasteiger partial charge in [-0.2, -0.15) is 0 Å². The van der Waals surface area contributed by atoms with E-state index in [2.05, 4.69) is 4.99 Å². The van der Waals surface area contributed by atoms with Crippen LogP contribution >= 0.6 is 0 Å². The lowest BCUT2D eigenvalue weighted by molar-refractivity contribution is -0.130. The Bertz CT molecular complexity index is 1240. The quantitative estimate of drug-likeness (QED) is 0.487. The SMILES string of the molecule is CC1(C)Oc2ccc(F)cc2CC1O.CCOc1ccc(C(N)=O)cc1CN1C(=O)CC(CC)(CC)N=C1N. The van der Waals surface area contributed by atoms with Crippen LogP contribution < -0.4 is 20.9 Å². The summed E-state index contributed by atoms with van der Waals surface area (Å²) in [4.78, 5) is 30.1. The van der Waals surface area contributed by atoms with Crippen LogP contribution in [0.2, 0.25) is 0 Å². The number of ether oxygens (including phenoxy) is 2. The molecule has 5 N–H and O–H groups in total. The average Bonchev–Trinajstić information content (AvgIpc) is 2.88. The molecule has 0 spiro atoms. The molecule has 1 atom stereocenters. The summed E-state index contributed by atoms with van der Waals surface area (Å²) in [5, 5.41) is 9.73. The summed E-state index contributed by atoms with van der Waals surface area (Å²) in [6.45, 7) is 10.2. The molecule has 0 saturated carbocycles. The molecule has 0 fully saturated rings. The second-order valence-corrected chi connectivity index (χ2v) is 10.4. The van der Waals surface area contributed by atoms with Crippen molar-refractivity contribution in [1.82, 2.24) is 4.90 Å². The number of nitrogens with two attached hydrogens (primary N) is 2. The fraction of sp³-hybridized carbons (Fsp3) is 0.483. The minimum absolute atomic E-state index is 0.0804. The molecule has 2 aromatic rings. The molecule has 212 valence electrons. The molecule has 39 heavy (non-hydrogen) atoms. The molecule has 2 amide bonds. The lowest BCUT2D eigenvalue weighted by Crippen LogP contribution is -2.50. The topological polar surface area (TPSA) is 140 Å². The molecule has 9 nitrogen and oxygen atoms in total. The molecule has 1 unspecified atom stereocenters. The summed E-state index contributed by atoms with van der Waals surface area (Å²) in [6, 6.07) is 9.31. The van der Waals surface area contributed by atoms with Gasteiger partial charge in [0.1, 0.15) is 22.9 Å². The molecular weight excluding hydrogens is 503 g/mol. The van der Waals surface area contributed by atoms with Crippen molar-refractivity contribution in [2.45, 2.75) is 84.1 Å². The lowest BCUT2D eigenvalue weighted by atomic mass is 9.88. The van der Waals surface area contributed by atoms with Crippen molar-refractivity contribution in [1.29, 1.82) is 0 Å². The smallest absolute Gasteiger partial charge is 0.248 e. The van der Waals surface area contributed by atoms with Gasteiger partial charge in [0.15, 0.2) is 5.96 Å². The number of amides is 2. The number of rotatable bonds is 7. The maximum absolute atomic E-state index is 12.9. The molecule has 10 heteroatoms. The lowest BCUT2D eigenvalue weighted by Gasteiger charge is -2.36. The van der Waals surface area contributed by atoms with E-state index in [1.54, 1.807) is 24.3 Å². The predicted octanol–water partition coefficient (Wildman–Crippen LogP) is 3.69. The number of carbonyl (C=O) groups excluding carboxylic acids is 2. The first kappa shape index (κ1) is 29.9. The first-order chi connectivity index (χ1) is 18.3. The number of benzene rings is 2. The normalized spacial score (nSPS) is 19.2. The van der Waals surface area contributed by atoms with Crippen molar-refractivity contribution in [3.05, 3.63) is 58.9 Å².